The van der Waals surface area contributed by atoms with Gasteiger partial charge in [-0.25, -0.2) is 8.42 Å². The molecule has 21 heavy (non-hydrogen) atoms. The predicted molar refractivity (Wildman–Crippen MR) is 88.6 cm³/mol. The van der Waals surface area contributed by atoms with Crippen LogP contribution in [0.15, 0.2) is 21.5 Å². The molecule has 1 heterocycles. The summed E-state index contributed by atoms with van der Waals surface area (Å²) in [6, 6.07) is 3.61. The van der Waals surface area contributed by atoms with E-state index in [-0.39, 0.29) is 0 Å². The number of hydrogen-bond acceptors (Lipinski definition) is 3. The first-order chi connectivity index (χ1) is 9.96. The zero-order valence-corrected chi connectivity index (χ0v) is 14.8. The predicted octanol–water partition coefficient (Wildman–Crippen LogP) is 3.17. The van der Waals surface area contributed by atoms with E-state index in [0.29, 0.717) is 24.5 Å². The van der Waals surface area contributed by atoms with Crippen molar-refractivity contribution in [2.24, 2.45) is 5.73 Å². The van der Waals surface area contributed by atoms with E-state index >= 15 is 0 Å². The first kappa shape index (κ1) is 16.9. The third-order valence-electron chi connectivity index (χ3n) is 4.03. The number of rotatable bonds is 3. The molecule has 0 bridgehead atoms. The van der Waals surface area contributed by atoms with E-state index in [4.69, 9.17) is 5.73 Å². The van der Waals surface area contributed by atoms with Crippen molar-refractivity contribution in [3.8, 4) is 0 Å². The molecule has 0 radical (unpaired) electrons. The van der Waals surface area contributed by atoms with E-state index in [9.17, 15) is 8.42 Å². The average Bonchev–Trinajstić information content (AvgIpc) is 2.40. The van der Waals surface area contributed by atoms with Gasteiger partial charge in [-0.1, -0.05) is 35.2 Å². The zero-order chi connectivity index (χ0) is 15.5. The van der Waals surface area contributed by atoms with E-state index < -0.39 is 10.0 Å². The molecular formula is C15H23BrN2O2S. The van der Waals surface area contributed by atoms with Crippen LogP contribution in [0.3, 0.4) is 0 Å². The third-order valence-corrected chi connectivity index (χ3v) is 6.87. The van der Waals surface area contributed by atoms with Gasteiger partial charge in [-0.3, -0.25) is 0 Å². The molecule has 0 aliphatic carbocycles. The molecular weight excluding hydrogens is 352 g/mol. The summed E-state index contributed by atoms with van der Waals surface area (Å²) in [5.41, 5.74) is 7.27. The summed E-state index contributed by atoms with van der Waals surface area (Å²) in [6.07, 6.45) is 5.31. The summed E-state index contributed by atoms with van der Waals surface area (Å²) in [6.45, 7) is 3.40. The van der Waals surface area contributed by atoms with Gasteiger partial charge in [0.05, 0.1) is 4.90 Å². The van der Waals surface area contributed by atoms with Crippen LogP contribution >= 0.6 is 15.9 Å². The van der Waals surface area contributed by atoms with Crippen LogP contribution in [0.2, 0.25) is 0 Å². The number of benzene rings is 1. The monoisotopic (exact) mass is 374 g/mol. The lowest BCUT2D eigenvalue weighted by Crippen LogP contribution is -2.34. The van der Waals surface area contributed by atoms with Gasteiger partial charge < -0.3 is 5.73 Å². The molecule has 2 rings (SSSR count). The minimum absolute atomic E-state index is 0.335. The second-order valence-electron chi connectivity index (χ2n) is 5.58. The third kappa shape index (κ3) is 3.86. The molecule has 1 aromatic carbocycles. The second-order valence-corrected chi connectivity index (χ2v) is 8.34. The molecule has 0 amide bonds. The summed E-state index contributed by atoms with van der Waals surface area (Å²) in [4.78, 5) is 0.387. The lowest BCUT2D eigenvalue weighted by atomic mass is 10.1. The van der Waals surface area contributed by atoms with Crippen molar-refractivity contribution in [2.45, 2.75) is 50.5 Å². The summed E-state index contributed by atoms with van der Waals surface area (Å²) < 4.78 is 28.4. The van der Waals surface area contributed by atoms with Crippen molar-refractivity contribution < 1.29 is 8.42 Å². The number of nitrogens with two attached hydrogens (primary N) is 1. The van der Waals surface area contributed by atoms with E-state index in [2.05, 4.69) is 15.9 Å². The van der Waals surface area contributed by atoms with Crippen molar-refractivity contribution in [2.75, 3.05) is 13.1 Å². The minimum atomic E-state index is -3.44. The van der Waals surface area contributed by atoms with Crippen LogP contribution in [-0.2, 0) is 16.6 Å². The first-order valence-electron chi connectivity index (χ1n) is 7.46. The van der Waals surface area contributed by atoms with Gasteiger partial charge in [0.2, 0.25) is 10.0 Å². The van der Waals surface area contributed by atoms with Crippen LogP contribution < -0.4 is 5.73 Å². The fraction of sp³-hybridized carbons (Fsp3) is 0.600. The second kappa shape index (κ2) is 7.22. The highest BCUT2D eigenvalue weighted by atomic mass is 79.9. The normalized spacial score (nSPS) is 18.2. The zero-order valence-electron chi connectivity index (χ0n) is 12.4. The van der Waals surface area contributed by atoms with E-state index in [0.717, 1.165) is 41.3 Å². The molecule has 1 aliphatic heterocycles. The molecule has 1 fully saturated rings. The van der Waals surface area contributed by atoms with Crippen LogP contribution in [0.1, 0.15) is 43.2 Å². The number of hydrogen-bond donors (Lipinski definition) is 1. The molecule has 1 aliphatic rings. The quantitative estimate of drug-likeness (QED) is 0.883. The average molecular weight is 375 g/mol. The Kier molecular flexibility index (Phi) is 5.82. The highest BCUT2D eigenvalue weighted by Gasteiger charge is 2.27. The fourth-order valence-corrected chi connectivity index (χ4v) is 5.14. The van der Waals surface area contributed by atoms with Gasteiger partial charge in [0, 0.05) is 24.1 Å². The molecule has 118 valence electrons. The van der Waals surface area contributed by atoms with Crippen LogP contribution in [0.5, 0.6) is 0 Å². The standard InChI is InChI=1S/C15H23BrN2O2S/c1-12-14(16)9-13(11-17)10-15(12)21(19,20)18-7-5-3-2-4-6-8-18/h9-10H,2-8,11,17H2,1H3. The minimum Gasteiger partial charge on any atom is -0.326 e. The Morgan fingerprint density at radius 1 is 1.14 bits per heavy atom. The molecule has 0 unspecified atom stereocenters. The van der Waals surface area contributed by atoms with Crippen molar-refractivity contribution in [1.29, 1.82) is 0 Å². The lowest BCUT2D eigenvalue weighted by Gasteiger charge is -2.25. The number of halogens is 1. The largest absolute Gasteiger partial charge is 0.326 e. The Bertz CT molecular complexity index is 594. The van der Waals surface area contributed by atoms with Crippen molar-refractivity contribution in [3.05, 3.63) is 27.7 Å². The van der Waals surface area contributed by atoms with Gasteiger partial charge in [0.25, 0.3) is 0 Å². The Hall–Kier alpha value is -0.430. The van der Waals surface area contributed by atoms with Crippen LogP contribution in [-0.4, -0.2) is 25.8 Å². The molecule has 0 atom stereocenters. The molecule has 0 saturated carbocycles. The van der Waals surface area contributed by atoms with Gasteiger partial charge in [0.15, 0.2) is 0 Å². The Morgan fingerprint density at radius 2 is 1.71 bits per heavy atom. The maximum absolute atomic E-state index is 13.0. The smallest absolute Gasteiger partial charge is 0.243 e. The Morgan fingerprint density at radius 3 is 2.29 bits per heavy atom. The van der Waals surface area contributed by atoms with Crippen LogP contribution in [0.4, 0.5) is 0 Å². The molecule has 6 heteroatoms. The highest BCUT2D eigenvalue weighted by molar-refractivity contribution is 9.10. The highest BCUT2D eigenvalue weighted by Crippen LogP contribution is 2.29. The summed E-state index contributed by atoms with van der Waals surface area (Å²) >= 11 is 3.44. The van der Waals surface area contributed by atoms with E-state index in [1.54, 1.807) is 10.4 Å². The SMILES string of the molecule is Cc1c(Br)cc(CN)cc1S(=O)(=O)N1CCCCCCC1. The van der Waals surface area contributed by atoms with Crippen LogP contribution in [0.25, 0.3) is 0 Å². The summed E-state index contributed by atoms with van der Waals surface area (Å²) in [5.74, 6) is 0. The topological polar surface area (TPSA) is 63.4 Å². The van der Waals surface area contributed by atoms with Gasteiger partial charge in [-0.2, -0.15) is 4.31 Å². The molecule has 1 aromatic rings. The number of sulfonamides is 1. The van der Waals surface area contributed by atoms with Gasteiger partial charge >= 0.3 is 0 Å². The van der Waals surface area contributed by atoms with E-state index in [1.165, 1.54) is 6.42 Å². The Balaban J connectivity index is 2.40. The van der Waals surface area contributed by atoms with Gasteiger partial charge in [0.1, 0.15) is 0 Å². The van der Waals surface area contributed by atoms with Crippen LogP contribution in [0, 0.1) is 6.92 Å². The molecule has 2 N–H and O–H groups in total. The summed E-state index contributed by atoms with van der Waals surface area (Å²) in [7, 11) is -3.44. The maximum atomic E-state index is 13.0. The van der Waals surface area contributed by atoms with Gasteiger partial charge in [-0.05, 0) is 43.0 Å². The molecule has 0 spiro atoms. The molecule has 0 aromatic heterocycles. The molecule has 1 saturated heterocycles. The first-order valence-corrected chi connectivity index (χ1v) is 9.69. The van der Waals surface area contributed by atoms with Gasteiger partial charge in [-0.15, -0.1) is 0 Å². The lowest BCUT2D eigenvalue weighted by molar-refractivity contribution is 0.364. The Labute approximate surface area is 135 Å². The van der Waals surface area contributed by atoms with E-state index in [1.807, 2.05) is 13.0 Å². The maximum Gasteiger partial charge on any atom is 0.243 e. The summed E-state index contributed by atoms with van der Waals surface area (Å²) in [5, 5.41) is 0. The fourth-order valence-electron chi connectivity index (χ4n) is 2.69. The van der Waals surface area contributed by atoms with Crippen molar-refractivity contribution >= 4 is 26.0 Å². The van der Waals surface area contributed by atoms with Crippen molar-refractivity contribution in [1.82, 2.24) is 4.31 Å². The molecule has 4 nitrogen and oxygen atoms in total. The number of nitrogens with zero attached hydrogens (tertiary/aromatic N) is 1. The van der Waals surface area contributed by atoms with Crippen molar-refractivity contribution in [3.63, 3.8) is 0 Å².